The zero-order valence-corrected chi connectivity index (χ0v) is 13.8. The first-order chi connectivity index (χ1) is 9.65. The summed E-state index contributed by atoms with van der Waals surface area (Å²) in [6.45, 7) is 0. The van der Waals surface area contributed by atoms with Gasteiger partial charge in [0.1, 0.15) is 5.75 Å². The van der Waals surface area contributed by atoms with Crippen LogP contribution in [0, 0.1) is 0 Å². The van der Waals surface area contributed by atoms with Crippen LogP contribution in [0.15, 0.2) is 46.9 Å². The van der Waals surface area contributed by atoms with E-state index in [0.29, 0.717) is 0 Å². The number of para-hydroxylation sites is 1. The van der Waals surface area contributed by atoms with E-state index in [1.54, 1.807) is 7.11 Å². The smallest absolute Gasteiger partial charge is 0.122 e. The molecular formula is C16H17BrClNO. The maximum Gasteiger partial charge on any atom is 0.122 e. The van der Waals surface area contributed by atoms with Crippen molar-refractivity contribution in [2.45, 2.75) is 12.5 Å². The second-order valence-electron chi connectivity index (χ2n) is 4.52. The zero-order chi connectivity index (χ0) is 14.5. The summed E-state index contributed by atoms with van der Waals surface area (Å²) in [5.41, 5.74) is 2.31. The van der Waals surface area contributed by atoms with Crippen LogP contribution < -0.4 is 10.1 Å². The van der Waals surface area contributed by atoms with E-state index in [0.717, 1.165) is 27.2 Å². The normalized spacial score (nSPS) is 12.2. The van der Waals surface area contributed by atoms with Crippen LogP contribution in [-0.2, 0) is 6.42 Å². The van der Waals surface area contributed by atoms with Crippen molar-refractivity contribution in [2.75, 3.05) is 14.2 Å². The number of ether oxygens (including phenoxy) is 1. The lowest BCUT2D eigenvalue weighted by atomic mass is 9.98. The van der Waals surface area contributed by atoms with Crippen LogP contribution in [0.3, 0.4) is 0 Å². The lowest BCUT2D eigenvalue weighted by Gasteiger charge is -2.20. The Morgan fingerprint density at radius 1 is 1.25 bits per heavy atom. The summed E-state index contributed by atoms with van der Waals surface area (Å²) in [5, 5.41) is 4.08. The SMILES string of the molecule is CNC(Cc1ccccc1OC)c1cc(Cl)ccc1Br. The summed E-state index contributed by atoms with van der Waals surface area (Å²) >= 11 is 9.70. The molecule has 4 heteroatoms. The third-order valence-corrected chi connectivity index (χ3v) is 4.26. The van der Waals surface area contributed by atoms with E-state index in [4.69, 9.17) is 16.3 Å². The van der Waals surface area contributed by atoms with Gasteiger partial charge in [-0.3, -0.25) is 0 Å². The fraction of sp³-hybridized carbons (Fsp3) is 0.250. The molecule has 0 aliphatic carbocycles. The van der Waals surface area contributed by atoms with Gasteiger partial charge >= 0.3 is 0 Å². The molecule has 0 saturated carbocycles. The molecule has 1 N–H and O–H groups in total. The third-order valence-electron chi connectivity index (χ3n) is 3.30. The number of halogens is 2. The van der Waals surface area contributed by atoms with Crippen molar-refractivity contribution >= 4 is 27.5 Å². The Kier molecular flexibility index (Phi) is 5.46. The second kappa shape index (κ2) is 7.11. The first kappa shape index (κ1) is 15.4. The van der Waals surface area contributed by atoms with Gasteiger partial charge in [-0.1, -0.05) is 45.7 Å². The number of rotatable bonds is 5. The van der Waals surface area contributed by atoms with Crippen LogP contribution in [0.25, 0.3) is 0 Å². The molecule has 20 heavy (non-hydrogen) atoms. The second-order valence-corrected chi connectivity index (χ2v) is 5.81. The molecule has 2 aromatic carbocycles. The summed E-state index contributed by atoms with van der Waals surface area (Å²) in [7, 11) is 3.65. The highest BCUT2D eigenvalue weighted by Crippen LogP contribution is 2.30. The molecule has 0 aliphatic heterocycles. The topological polar surface area (TPSA) is 21.3 Å². The summed E-state index contributed by atoms with van der Waals surface area (Å²) in [5.74, 6) is 0.908. The average molecular weight is 355 g/mol. The molecule has 0 fully saturated rings. The third kappa shape index (κ3) is 3.54. The molecule has 2 nitrogen and oxygen atoms in total. The molecule has 1 unspecified atom stereocenters. The Balaban J connectivity index is 2.31. The number of likely N-dealkylation sites (N-methyl/N-ethyl adjacent to an activating group) is 1. The van der Waals surface area contributed by atoms with Crippen LogP contribution in [0.4, 0.5) is 0 Å². The highest BCUT2D eigenvalue weighted by atomic mass is 79.9. The molecule has 1 atom stereocenters. The molecule has 0 saturated heterocycles. The van der Waals surface area contributed by atoms with Crippen molar-refractivity contribution in [3.8, 4) is 5.75 Å². The quantitative estimate of drug-likeness (QED) is 0.846. The first-order valence-corrected chi connectivity index (χ1v) is 7.57. The van der Waals surface area contributed by atoms with E-state index >= 15 is 0 Å². The molecule has 0 aromatic heterocycles. The highest BCUT2D eigenvalue weighted by Gasteiger charge is 2.15. The van der Waals surface area contributed by atoms with Gasteiger partial charge in [0, 0.05) is 15.5 Å². The van der Waals surface area contributed by atoms with Crippen LogP contribution in [0.2, 0.25) is 5.02 Å². The standard InChI is InChI=1S/C16H17BrClNO/c1-19-15(13-10-12(18)7-8-14(13)17)9-11-5-3-4-6-16(11)20-2/h3-8,10,15,19H,9H2,1-2H3. The number of benzene rings is 2. The average Bonchev–Trinajstić information content (AvgIpc) is 2.48. The van der Waals surface area contributed by atoms with E-state index in [1.807, 2.05) is 43.4 Å². The monoisotopic (exact) mass is 353 g/mol. The minimum absolute atomic E-state index is 0.166. The van der Waals surface area contributed by atoms with Gasteiger partial charge in [0.15, 0.2) is 0 Å². The predicted octanol–water partition coefficient (Wildman–Crippen LogP) is 4.61. The minimum atomic E-state index is 0.166. The van der Waals surface area contributed by atoms with E-state index in [-0.39, 0.29) is 6.04 Å². The molecule has 0 spiro atoms. The van der Waals surface area contributed by atoms with Crippen molar-refractivity contribution in [1.82, 2.24) is 5.32 Å². The molecular weight excluding hydrogens is 338 g/mol. The van der Waals surface area contributed by atoms with Gasteiger partial charge in [-0.2, -0.15) is 0 Å². The van der Waals surface area contributed by atoms with Crippen molar-refractivity contribution in [3.05, 3.63) is 63.1 Å². The van der Waals surface area contributed by atoms with Crippen LogP contribution in [0.1, 0.15) is 17.2 Å². The first-order valence-electron chi connectivity index (χ1n) is 6.39. The molecule has 106 valence electrons. The van der Waals surface area contributed by atoms with Crippen molar-refractivity contribution in [2.24, 2.45) is 0 Å². The minimum Gasteiger partial charge on any atom is -0.496 e. The maximum atomic E-state index is 6.11. The molecule has 2 aromatic rings. The van der Waals surface area contributed by atoms with E-state index < -0.39 is 0 Å². The molecule has 0 heterocycles. The largest absolute Gasteiger partial charge is 0.496 e. The van der Waals surface area contributed by atoms with E-state index in [2.05, 4.69) is 27.3 Å². The Hall–Kier alpha value is -1.03. The summed E-state index contributed by atoms with van der Waals surface area (Å²) < 4.78 is 6.47. The lowest BCUT2D eigenvalue weighted by molar-refractivity contribution is 0.406. The molecule has 0 radical (unpaired) electrons. The van der Waals surface area contributed by atoms with Crippen molar-refractivity contribution < 1.29 is 4.74 Å². The van der Waals surface area contributed by atoms with Gasteiger partial charge in [-0.15, -0.1) is 0 Å². The molecule has 0 amide bonds. The Morgan fingerprint density at radius 2 is 2.00 bits per heavy atom. The number of methoxy groups -OCH3 is 1. The van der Waals surface area contributed by atoms with Crippen LogP contribution in [0.5, 0.6) is 5.75 Å². The molecule has 2 rings (SSSR count). The summed E-state index contributed by atoms with van der Waals surface area (Å²) in [4.78, 5) is 0. The lowest BCUT2D eigenvalue weighted by Crippen LogP contribution is -2.19. The highest BCUT2D eigenvalue weighted by molar-refractivity contribution is 9.10. The van der Waals surface area contributed by atoms with E-state index in [1.165, 1.54) is 5.56 Å². The van der Waals surface area contributed by atoms with Gasteiger partial charge in [-0.05, 0) is 48.9 Å². The van der Waals surface area contributed by atoms with Crippen LogP contribution in [-0.4, -0.2) is 14.2 Å². The summed E-state index contributed by atoms with van der Waals surface area (Å²) in [6, 6.07) is 14.1. The molecule has 0 aliphatic rings. The van der Waals surface area contributed by atoms with Crippen molar-refractivity contribution in [1.29, 1.82) is 0 Å². The molecule has 0 bridgehead atoms. The van der Waals surface area contributed by atoms with Gasteiger partial charge in [0.25, 0.3) is 0 Å². The van der Waals surface area contributed by atoms with Gasteiger partial charge < -0.3 is 10.1 Å². The Morgan fingerprint density at radius 3 is 2.70 bits per heavy atom. The maximum absolute atomic E-state index is 6.11. The number of nitrogens with one attached hydrogen (secondary N) is 1. The Bertz CT molecular complexity index is 588. The van der Waals surface area contributed by atoms with Crippen LogP contribution >= 0.6 is 27.5 Å². The number of hydrogen-bond acceptors (Lipinski definition) is 2. The fourth-order valence-electron chi connectivity index (χ4n) is 2.24. The van der Waals surface area contributed by atoms with Gasteiger partial charge in [0.05, 0.1) is 7.11 Å². The summed E-state index contributed by atoms with van der Waals surface area (Å²) in [6.07, 6.45) is 0.833. The predicted molar refractivity (Wildman–Crippen MR) is 87.7 cm³/mol. The zero-order valence-electron chi connectivity index (χ0n) is 11.5. The van der Waals surface area contributed by atoms with E-state index in [9.17, 15) is 0 Å². The Labute approximate surface area is 133 Å². The van der Waals surface area contributed by atoms with Gasteiger partial charge in [-0.25, -0.2) is 0 Å². The van der Waals surface area contributed by atoms with Crippen molar-refractivity contribution in [3.63, 3.8) is 0 Å². The number of hydrogen-bond donors (Lipinski definition) is 1. The van der Waals surface area contributed by atoms with Gasteiger partial charge in [0.2, 0.25) is 0 Å². The fourth-order valence-corrected chi connectivity index (χ4v) is 2.94.